The lowest BCUT2D eigenvalue weighted by Gasteiger charge is -2.29. The molecule has 11 heteroatoms. The zero-order valence-corrected chi connectivity index (χ0v) is 18.3. The van der Waals surface area contributed by atoms with Crippen LogP contribution < -0.4 is 17.0 Å². The van der Waals surface area contributed by atoms with Crippen LogP contribution >= 0.6 is 11.8 Å². The van der Waals surface area contributed by atoms with Crippen molar-refractivity contribution in [3.8, 4) is 0 Å². The molecule has 2 saturated heterocycles. The molecule has 2 N–H and O–H groups in total. The van der Waals surface area contributed by atoms with Gasteiger partial charge in [0, 0.05) is 25.8 Å². The Kier molecular flexibility index (Phi) is 5.85. The molecule has 0 bridgehead atoms. The second-order valence-corrected chi connectivity index (χ2v) is 9.71. The third kappa shape index (κ3) is 3.66. The number of thioether (sulfide) groups is 1. The molecule has 1 aromatic rings. The van der Waals surface area contributed by atoms with Gasteiger partial charge in [-0.1, -0.05) is 13.8 Å². The van der Waals surface area contributed by atoms with Crippen molar-refractivity contribution < 1.29 is 19.1 Å². The monoisotopic (exact) mass is 438 g/mol. The first-order valence-corrected chi connectivity index (χ1v) is 10.7. The first-order valence-electron chi connectivity index (χ1n) is 9.73. The van der Waals surface area contributed by atoms with E-state index in [1.807, 2.05) is 20.8 Å². The molecule has 10 nitrogen and oxygen atoms in total. The number of fused-ring (bicyclic) bond motifs is 1. The molecule has 1 amide bonds. The summed E-state index contributed by atoms with van der Waals surface area (Å²) in [4.78, 5) is 63.3. The van der Waals surface area contributed by atoms with Crippen LogP contribution in [0.3, 0.4) is 0 Å². The van der Waals surface area contributed by atoms with Gasteiger partial charge in [-0.05, 0) is 19.3 Å². The van der Waals surface area contributed by atoms with Crippen LogP contribution in [0.2, 0.25) is 0 Å². The smallest absolute Gasteiger partial charge is 0.332 e. The van der Waals surface area contributed by atoms with Gasteiger partial charge in [0.05, 0.1) is 4.87 Å². The summed E-state index contributed by atoms with van der Waals surface area (Å²) in [7, 11) is 1.26. The lowest BCUT2D eigenvalue weighted by molar-refractivity contribution is -0.152. The van der Waals surface area contributed by atoms with Crippen molar-refractivity contribution in [3.63, 3.8) is 0 Å². The van der Waals surface area contributed by atoms with Crippen molar-refractivity contribution in [1.29, 1.82) is 0 Å². The number of ketones is 1. The second kappa shape index (κ2) is 7.93. The van der Waals surface area contributed by atoms with Crippen LogP contribution in [0.1, 0.15) is 44.0 Å². The van der Waals surface area contributed by atoms with E-state index in [1.54, 1.807) is 0 Å². The minimum Gasteiger partial charge on any atom is -0.456 e. The second-order valence-electron chi connectivity index (χ2n) is 8.21. The number of ether oxygens (including phenoxy) is 1. The predicted octanol–water partition coefficient (Wildman–Crippen LogP) is -0.0349. The van der Waals surface area contributed by atoms with Crippen molar-refractivity contribution in [2.75, 3.05) is 18.1 Å². The molecule has 0 spiro atoms. The number of amides is 1. The van der Waals surface area contributed by atoms with Gasteiger partial charge >= 0.3 is 11.7 Å². The normalized spacial score (nSPS) is 23.2. The number of nitrogens with zero attached hydrogens (tertiary/aromatic N) is 3. The van der Waals surface area contributed by atoms with E-state index in [0.29, 0.717) is 18.6 Å². The number of carbonyl (C=O) groups is 3. The zero-order chi connectivity index (χ0) is 22.4. The van der Waals surface area contributed by atoms with Crippen LogP contribution in [0.15, 0.2) is 9.59 Å². The molecule has 2 atom stereocenters. The lowest BCUT2D eigenvalue weighted by Crippen LogP contribution is -2.47. The molecule has 0 radical (unpaired) electrons. The van der Waals surface area contributed by atoms with Gasteiger partial charge in [0.15, 0.2) is 6.61 Å². The van der Waals surface area contributed by atoms with E-state index < -0.39 is 40.5 Å². The van der Waals surface area contributed by atoms with E-state index >= 15 is 0 Å². The summed E-state index contributed by atoms with van der Waals surface area (Å²) >= 11 is 1.51. The maximum Gasteiger partial charge on any atom is 0.332 e. The summed E-state index contributed by atoms with van der Waals surface area (Å²) in [6.45, 7) is 5.18. The summed E-state index contributed by atoms with van der Waals surface area (Å²) in [5.74, 6) is -1.40. The van der Waals surface area contributed by atoms with E-state index in [0.717, 1.165) is 4.57 Å². The van der Waals surface area contributed by atoms with Crippen molar-refractivity contribution in [3.05, 3.63) is 26.4 Å². The predicted molar refractivity (Wildman–Crippen MR) is 111 cm³/mol. The maximum atomic E-state index is 12.7. The molecule has 0 aromatic carbocycles. The van der Waals surface area contributed by atoms with E-state index in [4.69, 9.17) is 10.5 Å². The van der Waals surface area contributed by atoms with Gasteiger partial charge in [0.1, 0.15) is 17.4 Å². The number of Topliss-reactive ketones (excluding diaryl/α,β-unsaturated/α-hetero) is 1. The topological polar surface area (TPSA) is 134 Å². The molecule has 0 unspecified atom stereocenters. The first kappa shape index (κ1) is 22.1. The number of hydrogen-bond acceptors (Lipinski definition) is 8. The average Bonchev–Trinajstić information content (AvgIpc) is 3.17. The quantitative estimate of drug-likeness (QED) is 0.483. The molecular formula is C19H26N4O6S. The van der Waals surface area contributed by atoms with Gasteiger partial charge in [0.2, 0.25) is 11.7 Å². The van der Waals surface area contributed by atoms with Crippen LogP contribution in [0.4, 0.5) is 5.82 Å². The molecule has 2 fully saturated rings. The highest BCUT2D eigenvalue weighted by molar-refractivity contribution is 8.01. The molecule has 2 aliphatic heterocycles. The van der Waals surface area contributed by atoms with Crippen LogP contribution in [0.25, 0.3) is 0 Å². The summed E-state index contributed by atoms with van der Waals surface area (Å²) in [6.07, 6.45) is 1.03. The Labute approximate surface area is 177 Å². The third-order valence-corrected chi connectivity index (χ3v) is 6.98. The fourth-order valence-electron chi connectivity index (χ4n) is 3.89. The van der Waals surface area contributed by atoms with Crippen LogP contribution in [-0.4, -0.2) is 55.0 Å². The minimum absolute atomic E-state index is 0.0513. The van der Waals surface area contributed by atoms with Gasteiger partial charge in [-0.2, -0.15) is 0 Å². The van der Waals surface area contributed by atoms with Gasteiger partial charge in [-0.25, -0.2) is 9.59 Å². The zero-order valence-electron chi connectivity index (χ0n) is 17.5. The van der Waals surface area contributed by atoms with E-state index in [1.165, 1.54) is 28.3 Å². The SMILES string of the molecule is CC(C)Cn1c(N)c(C(=O)COC(=O)[C@H]2CS[C@@]3(C)CCC(=O)N23)c(=O)n(C)c1=O. The van der Waals surface area contributed by atoms with E-state index in [9.17, 15) is 24.0 Å². The highest BCUT2D eigenvalue weighted by Gasteiger charge is 2.53. The number of esters is 1. The van der Waals surface area contributed by atoms with Crippen LogP contribution in [-0.2, 0) is 27.9 Å². The first-order chi connectivity index (χ1) is 14.0. The molecule has 3 heterocycles. The summed E-state index contributed by atoms with van der Waals surface area (Å²) < 4.78 is 7.14. The summed E-state index contributed by atoms with van der Waals surface area (Å²) in [5, 5.41) is 0. The summed E-state index contributed by atoms with van der Waals surface area (Å²) in [5.41, 5.74) is 4.14. The number of nitrogen functional groups attached to an aromatic ring is 1. The van der Waals surface area contributed by atoms with Gasteiger partial charge in [-0.3, -0.25) is 23.5 Å². The van der Waals surface area contributed by atoms with E-state index in [-0.39, 0.29) is 29.8 Å². The average molecular weight is 439 g/mol. The van der Waals surface area contributed by atoms with Crippen LogP contribution in [0.5, 0.6) is 0 Å². The standard InChI is InChI=1S/C19H26N4O6S/c1-10(2)7-22-15(20)14(16(26)21(4)18(22)28)12(24)8-29-17(27)11-9-30-19(3)6-5-13(25)23(11)19/h10-11H,5-9,20H2,1-4H3/t11-,19+/m1/s1. The number of carbonyl (C=O) groups excluding carboxylic acids is 3. The number of hydrogen-bond donors (Lipinski definition) is 1. The van der Waals surface area contributed by atoms with Gasteiger partial charge in [0.25, 0.3) is 5.56 Å². The van der Waals surface area contributed by atoms with E-state index in [2.05, 4.69) is 0 Å². The number of aromatic nitrogens is 2. The molecule has 0 aliphatic carbocycles. The number of rotatable bonds is 6. The Balaban J connectivity index is 1.79. The molecule has 1 aromatic heterocycles. The van der Waals surface area contributed by atoms with Crippen molar-refractivity contribution >= 4 is 35.2 Å². The molecule has 164 valence electrons. The lowest BCUT2D eigenvalue weighted by atomic mass is 10.1. The fraction of sp³-hybridized carbons (Fsp3) is 0.632. The van der Waals surface area contributed by atoms with Crippen LogP contribution in [0, 0.1) is 5.92 Å². The Morgan fingerprint density at radius 2 is 1.97 bits per heavy atom. The molecule has 30 heavy (non-hydrogen) atoms. The highest BCUT2D eigenvalue weighted by Crippen LogP contribution is 2.47. The molecule has 3 rings (SSSR count). The molecular weight excluding hydrogens is 412 g/mol. The Hall–Kier alpha value is -2.56. The Morgan fingerprint density at radius 1 is 1.30 bits per heavy atom. The Morgan fingerprint density at radius 3 is 2.60 bits per heavy atom. The fourth-order valence-corrected chi connectivity index (χ4v) is 5.30. The number of anilines is 1. The minimum atomic E-state index is -0.836. The third-order valence-electron chi connectivity index (χ3n) is 5.47. The van der Waals surface area contributed by atoms with Gasteiger partial charge < -0.3 is 15.4 Å². The van der Waals surface area contributed by atoms with Gasteiger partial charge in [-0.15, -0.1) is 11.8 Å². The molecule has 2 aliphatic rings. The Bertz CT molecular complexity index is 1030. The van der Waals surface area contributed by atoms with Crippen molar-refractivity contribution in [2.45, 2.75) is 51.1 Å². The highest BCUT2D eigenvalue weighted by atomic mass is 32.2. The largest absolute Gasteiger partial charge is 0.456 e. The van der Waals surface area contributed by atoms with Crippen molar-refractivity contribution in [1.82, 2.24) is 14.0 Å². The molecule has 0 saturated carbocycles. The van der Waals surface area contributed by atoms with Crippen molar-refractivity contribution in [2.24, 2.45) is 13.0 Å². The maximum absolute atomic E-state index is 12.7. The summed E-state index contributed by atoms with van der Waals surface area (Å²) in [6, 6.07) is -0.766. The number of nitrogens with two attached hydrogens (primary N) is 1.